The third kappa shape index (κ3) is 5.72. The maximum Gasteiger partial charge on any atom is 0.136 e. The van der Waals surface area contributed by atoms with Gasteiger partial charge in [0.2, 0.25) is 0 Å². The molecule has 3 nitrogen and oxygen atoms in total. The summed E-state index contributed by atoms with van der Waals surface area (Å²) in [4.78, 5) is 2.17. The zero-order chi connectivity index (χ0) is 17.7. The summed E-state index contributed by atoms with van der Waals surface area (Å²) in [6.07, 6.45) is 5.56. The number of benzene rings is 1. The molecule has 0 bridgehead atoms. The van der Waals surface area contributed by atoms with Crippen LogP contribution in [0.2, 0.25) is 0 Å². The summed E-state index contributed by atoms with van der Waals surface area (Å²) in [5.74, 6) is 1.65. The van der Waals surface area contributed by atoms with E-state index in [1.807, 2.05) is 0 Å². The lowest BCUT2D eigenvalue weighted by molar-refractivity contribution is 0.367. The molecule has 0 saturated carbocycles. The minimum absolute atomic E-state index is 0.381. The van der Waals surface area contributed by atoms with Crippen molar-refractivity contribution in [1.82, 2.24) is 4.90 Å². The number of hydrogen-bond donors (Lipinski definition) is 1. The van der Waals surface area contributed by atoms with Gasteiger partial charge in [-0.3, -0.25) is 0 Å². The molecule has 24 heavy (non-hydrogen) atoms. The van der Waals surface area contributed by atoms with E-state index < -0.39 is 0 Å². The molecule has 0 saturated heterocycles. The number of nitrogens with one attached hydrogen (secondary N) is 1. The van der Waals surface area contributed by atoms with Gasteiger partial charge < -0.3 is 15.0 Å². The third-order valence-electron chi connectivity index (χ3n) is 4.16. The van der Waals surface area contributed by atoms with Gasteiger partial charge in [0.1, 0.15) is 11.5 Å². The van der Waals surface area contributed by atoms with Crippen LogP contribution in [0.4, 0.5) is 5.69 Å². The number of ether oxygens (including phenoxy) is 1. The van der Waals surface area contributed by atoms with Crippen molar-refractivity contribution >= 4 is 11.3 Å². The first kappa shape index (κ1) is 18.6. The Morgan fingerprint density at radius 1 is 1.21 bits per heavy atom. The summed E-state index contributed by atoms with van der Waals surface area (Å²) in [6, 6.07) is 6.40. The molecule has 2 rings (SSSR count). The summed E-state index contributed by atoms with van der Waals surface area (Å²) in [7, 11) is 4.16. The van der Waals surface area contributed by atoms with E-state index in [9.17, 15) is 0 Å². The molecule has 0 aliphatic carbocycles. The molecular formula is C21H32N2O. The molecule has 0 aromatic heterocycles. The highest BCUT2D eigenvalue weighted by atomic mass is 16.5. The Kier molecular flexibility index (Phi) is 6.11. The van der Waals surface area contributed by atoms with E-state index in [1.165, 1.54) is 24.0 Å². The second-order valence-corrected chi connectivity index (χ2v) is 8.09. The van der Waals surface area contributed by atoms with Crippen molar-refractivity contribution in [3.63, 3.8) is 0 Å². The predicted molar refractivity (Wildman–Crippen MR) is 105 cm³/mol. The van der Waals surface area contributed by atoms with Gasteiger partial charge in [-0.15, -0.1) is 0 Å². The average Bonchev–Trinajstić information content (AvgIpc) is 2.44. The van der Waals surface area contributed by atoms with Gasteiger partial charge in [0.25, 0.3) is 0 Å². The normalized spacial score (nSPS) is 14.2. The molecule has 1 aromatic rings. The predicted octanol–water partition coefficient (Wildman–Crippen LogP) is 5.17. The lowest BCUT2D eigenvalue weighted by Crippen LogP contribution is -2.20. The zero-order valence-electron chi connectivity index (χ0n) is 15.9. The molecule has 0 radical (unpaired) electrons. The largest absolute Gasteiger partial charge is 0.457 e. The molecule has 3 heteroatoms. The lowest BCUT2D eigenvalue weighted by atomic mass is 9.87. The van der Waals surface area contributed by atoms with Crippen molar-refractivity contribution in [3.8, 4) is 5.75 Å². The van der Waals surface area contributed by atoms with E-state index in [0.29, 0.717) is 5.41 Å². The number of rotatable bonds is 7. The maximum atomic E-state index is 5.86. The fourth-order valence-corrected chi connectivity index (χ4v) is 2.86. The molecular weight excluding hydrogens is 296 g/mol. The first-order valence-corrected chi connectivity index (χ1v) is 8.85. The SMILES string of the molecule is C=C1C=C(CCCC(C)(C)C)c2ccc(NCCN(C)C)cc2O1. The van der Waals surface area contributed by atoms with E-state index in [2.05, 4.69) is 75.9 Å². The van der Waals surface area contributed by atoms with Crippen molar-refractivity contribution < 1.29 is 4.74 Å². The zero-order valence-corrected chi connectivity index (χ0v) is 15.9. The van der Waals surface area contributed by atoms with Crippen LogP contribution in [-0.2, 0) is 0 Å². The smallest absolute Gasteiger partial charge is 0.136 e. The van der Waals surface area contributed by atoms with Gasteiger partial charge in [-0.05, 0) is 62.6 Å². The summed E-state index contributed by atoms with van der Waals surface area (Å²) < 4.78 is 5.86. The second-order valence-electron chi connectivity index (χ2n) is 8.09. The van der Waals surface area contributed by atoms with Crippen molar-refractivity contribution in [2.45, 2.75) is 40.0 Å². The Hall–Kier alpha value is -1.74. The van der Waals surface area contributed by atoms with Crippen LogP contribution in [0.3, 0.4) is 0 Å². The van der Waals surface area contributed by atoms with Gasteiger partial charge in [0.15, 0.2) is 0 Å². The highest BCUT2D eigenvalue weighted by molar-refractivity contribution is 5.76. The summed E-state index contributed by atoms with van der Waals surface area (Å²) in [6.45, 7) is 12.8. The van der Waals surface area contributed by atoms with Gasteiger partial charge >= 0.3 is 0 Å². The third-order valence-corrected chi connectivity index (χ3v) is 4.16. The maximum absolute atomic E-state index is 5.86. The molecule has 0 spiro atoms. The van der Waals surface area contributed by atoms with Crippen LogP contribution in [0.25, 0.3) is 5.57 Å². The Labute approximate surface area is 147 Å². The van der Waals surface area contributed by atoms with Crippen LogP contribution >= 0.6 is 0 Å². The van der Waals surface area contributed by atoms with Gasteiger partial charge in [0.05, 0.1) is 0 Å². The molecule has 1 heterocycles. The molecule has 1 aromatic carbocycles. The fourth-order valence-electron chi connectivity index (χ4n) is 2.86. The Morgan fingerprint density at radius 3 is 2.62 bits per heavy atom. The number of hydrogen-bond acceptors (Lipinski definition) is 3. The Bertz CT molecular complexity index is 609. The number of fused-ring (bicyclic) bond motifs is 1. The molecule has 1 N–H and O–H groups in total. The van der Waals surface area contributed by atoms with Gasteiger partial charge in [0, 0.05) is 30.4 Å². The molecule has 0 unspecified atom stereocenters. The number of nitrogens with zero attached hydrogens (tertiary/aromatic N) is 1. The monoisotopic (exact) mass is 328 g/mol. The standard InChI is InChI=1S/C21H32N2O/c1-16-14-17(8-7-11-21(2,3)4)19-10-9-18(15-20(19)24-16)22-12-13-23(5)6/h9-10,14-15,22H,1,7-8,11-13H2,2-6H3. The number of likely N-dealkylation sites (N-methyl/N-ethyl adjacent to an activating group) is 1. The Balaban J connectivity index is 2.05. The lowest BCUT2D eigenvalue weighted by Gasteiger charge is -2.23. The highest BCUT2D eigenvalue weighted by Gasteiger charge is 2.17. The highest BCUT2D eigenvalue weighted by Crippen LogP contribution is 2.38. The first-order chi connectivity index (χ1) is 11.2. The summed E-state index contributed by atoms with van der Waals surface area (Å²) >= 11 is 0. The van der Waals surface area contributed by atoms with Crippen LogP contribution in [0.5, 0.6) is 5.75 Å². The summed E-state index contributed by atoms with van der Waals surface area (Å²) in [5.41, 5.74) is 4.02. The van der Waals surface area contributed by atoms with Gasteiger partial charge in [-0.2, -0.15) is 0 Å². The van der Waals surface area contributed by atoms with Gasteiger partial charge in [-0.25, -0.2) is 0 Å². The molecule has 0 amide bonds. The van der Waals surface area contributed by atoms with Gasteiger partial charge in [-0.1, -0.05) is 27.4 Å². The second kappa shape index (κ2) is 7.89. The van der Waals surface area contributed by atoms with Crippen LogP contribution in [0.15, 0.2) is 36.6 Å². The van der Waals surface area contributed by atoms with Crippen LogP contribution in [-0.4, -0.2) is 32.1 Å². The Morgan fingerprint density at radius 2 is 1.96 bits per heavy atom. The first-order valence-electron chi connectivity index (χ1n) is 8.85. The minimum atomic E-state index is 0.381. The van der Waals surface area contributed by atoms with E-state index >= 15 is 0 Å². The van der Waals surface area contributed by atoms with Crippen molar-refractivity contribution in [1.29, 1.82) is 0 Å². The molecule has 1 aliphatic rings. The minimum Gasteiger partial charge on any atom is -0.457 e. The van der Waals surface area contributed by atoms with Crippen LogP contribution in [0.1, 0.15) is 45.6 Å². The van der Waals surface area contributed by atoms with E-state index in [-0.39, 0.29) is 0 Å². The van der Waals surface area contributed by atoms with Crippen molar-refractivity contribution in [2.75, 3.05) is 32.5 Å². The average molecular weight is 329 g/mol. The number of anilines is 1. The van der Waals surface area contributed by atoms with Crippen molar-refractivity contribution in [2.24, 2.45) is 5.41 Å². The van der Waals surface area contributed by atoms with E-state index in [1.54, 1.807) is 0 Å². The quantitative estimate of drug-likeness (QED) is 0.747. The summed E-state index contributed by atoms with van der Waals surface area (Å²) in [5, 5.41) is 3.45. The van der Waals surface area contributed by atoms with E-state index in [0.717, 1.165) is 36.7 Å². The molecule has 0 atom stereocenters. The van der Waals surface area contributed by atoms with Crippen molar-refractivity contribution in [3.05, 3.63) is 42.2 Å². The molecule has 0 fully saturated rings. The number of allylic oxidation sites excluding steroid dienone is 2. The van der Waals surface area contributed by atoms with Crippen LogP contribution < -0.4 is 10.1 Å². The molecule has 132 valence electrons. The van der Waals surface area contributed by atoms with Crippen LogP contribution in [0, 0.1) is 5.41 Å². The fraction of sp³-hybridized carbons (Fsp3) is 0.524. The van der Waals surface area contributed by atoms with E-state index in [4.69, 9.17) is 4.74 Å². The topological polar surface area (TPSA) is 24.5 Å². The molecule has 1 aliphatic heterocycles.